The van der Waals surface area contributed by atoms with Crippen LogP contribution in [0.2, 0.25) is 0 Å². The standard InChI is InChI=1S/C12H14N2O3S.C9H9NO2/c1-6(15)10-8-3-4-13-5-9(8)18-12(10)14-11(17)7(2)16;1-10-5-7-6(9(10)12)3-2-4-8(7)11/h13H,3-5H2,1-2H3,(H,14,17);2-4,11H,5H2,1H3. The molecule has 1 aromatic carbocycles. The van der Waals surface area contributed by atoms with Gasteiger partial charge in [-0.05, 0) is 37.6 Å². The van der Waals surface area contributed by atoms with E-state index in [0.29, 0.717) is 29.2 Å². The maximum absolute atomic E-state index is 11.7. The first-order valence-electron chi connectivity index (χ1n) is 9.45. The average Bonchev–Trinajstić information content (AvgIpc) is 3.20. The lowest BCUT2D eigenvalue weighted by Gasteiger charge is -2.13. The van der Waals surface area contributed by atoms with Gasteiger partial charge in [-0.25, -0.2) is 0 Å². The normalized spacial score (nSPS) is 14.4. The lowest BCUT2D eigenvalue weighted by Crippen LogP contribution is -2.23. The molecule has 0 saturated carbocycles. The topological polar surface area (TPSA) is 116 Å². The number of phenols is 1. The van der Waals surface area contributed by atoms with Gasteiger partial charge in [0.05, 0.1) is 12.1 Å². The van der Waals surface area contributed by atoms with Crippen molar-refractivity contribution in [2.45, 2.75) is 33.4 Å². The molecule has 0 radical (unpaired) electrons. The Morgan fingerprint density at radius 1 is 1.20 bits per heavy atom. The van der Waals surface area contributed by atoms with Crippen LogP contribution in [0.5, 0.6) is 5.75 Å². The van der Waals surface area contributed by atoms with Crippen LogP contribution in [0.4, 0.5) is 5.00 Å². The van der Waals surface area contributed by atoms with Gasteiger partial charge in [-0.15, -0.1) is 11.3 Å². The molecule has 2 aliphatic rings. The predicted molar refractivity (Wildman–Crippen MR) is 113 cm³/mol. The van der Waals surface area contributed by atoms with Crippen molar-refractivity contribution in [3.05, 3.63) is 45.3 Å². The third kappa shape index (κ3) is 4.27. The van der Waals surface area contributed by atoms with Gasteiger partial charge in [-0.1, -0.05) is 6.07 Å². The highest BCUT2D eigenvalue weighted by molar-refractivity contribution is 7.17. The molecule has 0 atom stereocenters. The van der Waals surface area contributed by atoms with Gasteiger partial charge in [0, 0.05) is 36.5 Å². The molecule has 4 rings (SSSR count). The first-order valence-corrected chi connectivity index (χ1v) is 10.3. The largest absolute Gasteiger partial charge is 0.508 e. The van der Waals surface area contributed by atoms with E-state index in [1.54, 1.807) is 30.1 Å². The summed E-state index contributed by atoms with van der Waals surface area (Å²) in [7, 11) is 1.72. The fourth-order valence-corrected chi connectivity index (χ4v) is 4.70. The van der Waals surface area contributed by atoms with E-state index >= 15 is 0 Å². The zero-order valence-electron chi connectivity index (χ0n) is 17.0. The van der Waals surface area contributed by atoms with Crippen LogP contribution in [0.25, 0.3) is 0 Å². The molecule has 0 bridgehead atoms. The SMILES string of the molecule is CC(=O)C(=O)Nc1sc2c(c1C(C)=O)CCNC2.CN1Cc2c(O)cccc2C1=O. The first-order chi connectivity index (χ1) is 14.2. The van der Waals surface area contributed by atoms with E-state index in [-0.39, 0.29) is 17.4 Å². The summed E-state index contributed by atoms with van der Waals surface area (Å²) >= 11 is 1.37. The Hall–Kier alpha value is -3.04. The summed E-state index contributed by atoms with van der Waals surface area (Å²) in [4.78, 5) is 48.1. The molecule has 3 N–H and O–H groups in total. The van der Waals surface area contributed by atoms with Gasteiger partial charge in [0.15, 0.2) is 5.78 Å². The molecule has 0 unspecified atom stereocenters. The van der Waals surface area contributed by atoms with Crippen LogP contribution in [0.1, 0.15) is 50.6 Å². The Morgan fingerprint density at radius 3 is 2.57 bits per heavy atom. The average molecular weight is 429 g/mol. The molecular weight excluding hydrogens is 406 g/mol. The van der Waals surface area contributed by atoms with E-state index in [1.165, 1.54) is 25.2 Å². The van der Waals surface area contributed by atoms with Gasteiger partial charge >= 0.3 is 0 Å². The van der Waals surface area contributed by atoms with E-state index in [0.717, 1.165) is 29.0 Å². The maximum atomic E-state index is 11.7. The molecule has 158 valence electrons. The Balaban J connectivity index is 0.000000184. The summed E-state index contributed by atoms with van der Waals surface area (Å²) in [5, 5.41) is 15.6. The van der Waals surface area contributed by atoms with Crippen LogP contribution in [0.15, 0.2) is 18.2 Å². The lowest BCUT2D eigenvalue weighted by atomic mass is 10.0. The number of carbonyl (C=O) groups excluding carboxylic acids is 4. The highest BCUT2D eigenvalue weighted by Crippen LogP contribution is 2.35. The second-order valence-corrected chi connectivity index (χ2v) is 8.27. The smallest absolute Gasteiger partial charge is 0.292 e. The van der Waals surface area contributed by atoms with Crippen LogP contribution in [-0.2, 0) is 29.1 Å². The molecule has 1 aromatic heterocycles. The Bertz CT molecular complexity index is 1040. The van der Waals surface area contributed by atoms with Crippen LogP contribution in [-0.4, -0.2) is 47.0 Å². The van der Waals surface area contributed by atoms with Crippen molar-refractivity contribution in [1.82, 2.24) is 10.2 Å². The number of hydrogen-bond donors (Lipinski definition) is 3. The van der Waals surface area contributed by atoms with Crippen molar-refractivity contribution in [2.75, 3.05) is 18.9 Å². The van der Waals surface area contributed by atoms with Crippen LogP contribution < -0.4 is 10.6 Å². The minimum atomic E-state index is -0.677. The van der Waals surface area contributed by atoms with Gasteiger partial charge in [0.1, 0.15) is 10.8 Å². The fourth-order valence-electron chi connectivity index (χ4n) is 3.44. The molecule has 3 heterocycles. The number of Topliss-reactive ketones (excluding diaryl/α,β-unsaturated/α-hetero) is 2. The van der Waals surface area contributed by atoms with E-state index < -0.39 is 11.7 Å². The number of hydrogen-bond acceptors (Lipinski definition) is 7. The molecule has 2 amide bonds. The number of nitrogens with one attached hydrogen (secondary N) is 2. The Kier molecular flexibility index (Phi) is 6.33. The number of benzene rings is 1. The fraction of sp³-hybridized carbons (Fsp3) is 0.333. The summed E-state index contributed by atoms with van der Waals surface area (Å²) in [6.45, 7) is 4.73. The van der Waals surface area contributed by atoms with Crippen molar-refractivity contribution in [1.29, 1.82) is 0 Å². The number of nitrogens with zero attached hydrogens (tertiary/aromatic N) is 1. The number of phenolic OH excluding ortho intramolecular Hbond substituents is 1. The first kappa shape index (κ1) is 21.7. The van der Waals surface area contributed by atoms with Crippen molar-refractivity contribution in [3.8, 4) is 5.75 Å². The van der Waals surface area contributed by atoms with E-state index in [1.807, 2.05) is 0 Å². The number of fused-ring (bicyclic) bond motifs is 2. The number of amides is 2. The third-order valence-corrected chi connectivity index (χ3v) is 6.10. The second-order valence-electron chi connectivity index (χ2n) is 7.17. The molecule has 2 aliphatic heterocycles. The molecule has 2 aromatic rings. The maximum Gasteiger partial charge on any atom is 0.292 e. The lowest BCUT2D eigenvalue weighted by molar-refractivity contribution is -0.133. The molecule has 0 saturated heterocycles. The molecular formula is C21H23N3O5S. The summed E-state index contributed by atoms with van der Waals surface area (Å²) < 4.78 is 0. The highest BCUT2D eigenvalue weighted by Gasteiger charge is 2.26. The van der Waals surface area contributed by atoms with Crippen molar-refractivity contribution < 1.29 is 24.3 Å². The van der Waals surface area contributed by atoms with E-state index in [9.17, 15) is 24.3 Å². The van der Waals surface area contributed by atoms with Gasteiger partial charge < -0.3 is 20.6 Å². The number of anilines is 1. The Labute approximate surface area is 177 Å². The molecule has 8 nitrogen and oxygen atoms in total. The second kappa shape index (κ2) is 8.76. The number of carbonyl (C=O) groups is 4. The molecule has 0 spiro atoms. The predicted octanol–water partition coefficient (Wildman–Crippen LogP) is 2.10. The highest BCUT2D eigenvalue weighted by atomic mass is 32.1. The van der Waals surface area contributed by atoms with Crippen LogP contribution in [0.3, 0.4) is 0 Å². The minimum Gasteiger partial charge on any atom is -0.508 e. The summed E-state index contributed by atoms with van der Waals surface area (Å²) in [6, 6.07) is 5.03. The van der Waals surface area contributed by atoms with Gasteiger partial charge in [-0.2, -0.15) is 0 Å². The zero-order chi connectivity index (χ0) is 22.0. The summed E-state index contributed by atoms with van der Waals surface area (Å²) in [6.07, 6.45) is 0.774. The molecule has 30 heavy (non-hydrogen) atoms. The van der Waals surface area contributed by atoms with E-state index in [2.05, 4.69) is 10.6 Å². The van der Waals surface area contributed by atoms with Gasteiger partial charge in [0.25, 0.3) is 11.8 Å². The summed E-state index contributed by atoms with van der Waals surface area (Å²) in [5.41, 5.74) is 2.93. The van der Waals surface area contributed by atoms with E-state index in [4.69, 9.17) is 0 Å². The summed E-state index contributed by atoms with van der Waals surface area (Å²) in [5.74, 6) is -1.11. The molecule has 0 fully saturated rings. The zero-order valence-corrected chi connectivity index (χ0v) is 17.8. The monoisotopic (exact) mass is 429 g/mol. The van der Waals surface area contributed by atoms with Gasteiger partial charge in [0.2, 0.25) is 5.78 Å². The minimum absolute atomic E-state index is 0.0131. The molecule has 0 aliphatic carbocycles. The van der Waals surface area contributed by atoms with Crippen molar-refractivity contribution in [3.63, 3.8) is 0 Å². The van der Waals surface area contributed by atoms with Crippen molar-refractivity contribution >= 4 is 39.7 Å². The molecule has 9 heteroatoms. The van der Waals surface area contributed by atoms with Crippen LogP contribution in [0, 0.1) is 0 Å². The van der Waals surface area contributed by atoms with Crippen molar-refractivity contribution in [2.24, 2.45) is 0 Å². The number of aromatic hydroxyl groups is 1. The quantitative estimate of drug-likeness (QED) is 0.508. The van der Waals surface area contributed by atoms with Gasteiger partial charge in [-0.3, -0.25) is 19.2 Å². The third-order valence-electron chi connectivity index (χ3n) is 4.95. The number of thiophene rings is 1. The number of rotatable bonds is 3. The Morgan fingerprint density at radius 2 is 1.93 bits per heavy atom. The number of ketones is 2. The van der Waals surface area contributed by atoms with Crippen LogP contribution >= 0.6 is 11.3 Å².